The van der Waals surface area contributed by atoms with Crippen LogP contribution in [0.2, 0.25) is 0 Å². The number of rotatable bonds is 6. The maximum Gasteiger partial charge on any atom is 0.310 e. The SMILES string of the molecule is Cc1ccc(CCN(C)CC2(C(=O)O)CCC2)o1. The van der Waals surface area contributed by atoms with Gasteiger partial charge in [-0.25, -0.2) is 0 Å². The molecule has 0 aliphatic heterocycles. The van der Waals surface area contributed by atoms with Crippen LogP contribution in [-0.2, 0) is 11.2 Å². The second kappa shape index (κ2) is 5.14. The Balaban J connectivity index is 1.81. The largest absolute Gasteiger partial charge is 0.481 e. The van der Waals surface area contributed by atoms with Gasteiger partial charge >= 0.3 is 5.97 Å². The molecule has 1 N–H and O–H groups in total. The molecule has 1 fully saturated rings. The van der Waals surface area contributed by atoms with E-state index in [0.29, 0.717) is 6.54 Å². The second-order valence-electron chi connectivity index (χ2n) is 5.44. The molecule has 0 bridgehead atoms. The number of carboxylic acid groups (broad SMARTS) is 1. The highest BCUT2D eigenvalue weighted by Crippen LogP contribution is 2.41. The summed E-state index contributed by atoms with van der Waals surface area (Å²) in [5.74, 6) is 1.25. The molecule has 4 heteroatoms. The van der Waals surface area contributed by atoms with E-state index in [1.807, 2.05) is 26.1 Å². The third-order valence-electron chi connectivity index (χ3n) is 3.87. The van der Waals surface area contributed by atoms with Gasteiger partial charge in [-0.1, -0.05) is 6.42 Å². The minimum atomic E-state index is -0.644. The Bertz CT molecular complexity index is 420. The number of aliphatic carboxylic acids is 1. The van der Waals surface area contributed by atoms with Crippen LogP contribution in [0.4, 0.5) is 0 Å². The van der Waals surface area contributed by atoms with Gasteiger partial charge in [0.2, 0.25) is 0 Å². The van der Waals surface area contributed by atoms with E-state index >= 15 is 0 Å². The van der Waals surface area contributed by atoms with Crippen molar-refractivity contribution in [2.75, 3.05) is 20.1 Å². The molecule has 1 aliphatic rings. The van der Waals surface area contributed by atoms with Crippen LogP contribution in [0.15, 0.2) is 16.5 Å². The molecule has 1 aromatic heterocycles. The standard InChI is InChI=1S/C14H21NO3/c1-11-4-5-12(18-11)6-9-15(2)10-14(13(16)17)7-3-8-14/h4-5H,3,6-10H2,1-2H3,(H,16,17). The summed E-state index contributed by atoms with van der Waals surface area (Å²) in [6.45, 7) is 3.41. The number of carbonyl (C=O) groups is 1. The first-order valence-electron chi connectivity index (χ1n) is 6.49. The summed E-state index contributed by atoms with van der Waals surface area (Å²) in [5, 5.41) is 9.28. The number of hydrogen-bond donors (Lipinski definition) is 1. The number of hydrogen-bond acceptors (Lipinski definition) is 3. The molecule has 0 atom stereocenters. The molecule has 0 amide bonds. The lowest BCUT2D eigenvalue weighted by Gasteiger charge is -2.40. The van der Waals surface area contributed by atoms with Gasteiger partial charge in [0.05, 0.1) is 5.41 Å². The zero-order chi connectivity index (χ0) is 13.2. The van der Waals surface area contributed by atoms with E-state index in [9.17, 15) is 9.90 Å². The Morgan fingerprint density at radius 3 is 2.67 bits per heavy atom. The zero-order valence-corrected chi connectivity index (χ0v) is 11.1. The first-order chi connectivity index (χ1) is 8.52. The summed E-state index contributed by atoms with van der Waals surface area (Å²) < 4.78 is 5.51. The molecule has 0 radical (unpaired) electrons. The predicted molar refractivity (Wildman–Crippen MR) is 68.6 cm³/mol. The molecule has 2 rings (SSSR count). The maximum absolute atomic E-state index is 11.3. The normalized spacial score (nSPS) is 17.7. The lowest BCUT2D eigenvalue weighted by molar-refractivity contribution is -0.156. The van der Waals surface area contributed by atoms with Crippen molar-refractivity contribution in [2.45, 2.75) is 32.6 Å². The third kappa shape index (κ3) is 2.75. The first kappa shape index (κ1) is 13.1. The smallest absolute Gasteiger partial charge is 0.310 e. The number of likely N-dealkylation sites (N-methyl/N-ethyl adjacent to an activating group) is 1. The van der Waals surface area contributed by atoms with Gasteiger partial charge in [0.25, 0.3) is 0 Å². The van der Waals surface area contributed by atoms with Crippen LogP contribution < -0.4 is 0 Å². The molecule has 1 saturated carbocycles. The van der Waals surface area contributed by atoms with E-state index in [2.05, 4.69) is 4.90 Å². The average molecular weight is 251 g/mol. The Kier molecular flexibility index (Phi) is 3.76. The van der Waals surface area contributed by atoms with Crippen LogP contribution in [0.25, 0.3) is 0 Å². The monoisotopic (exact) mass is 251 g/mol. The van der Waals surface area contributed by atoms with Gasteiger partial charge in [-0.05, 0) is 38.9 Å². The third-order valence-corrected chi connectivity index (χ3v) is 3.87. The molecule has 0 unspecified atom stereocenters. The minimum Gasteiger partial charge on any atom is -0.481 e. The van der Waals surface area contributed by atoms with Crippen molar-refractivity contribution in [3.05, 3.63) is 23.7 Å². The fourth-order valence-electron chi connectivity index (χ4n) is 2.56. The second-order valence-corrected chi connectivity index (χ2v) is 5.44. The van der Waals surface area contributed by atoms with Crippen molar-refractivity contribution in [3.8, 4) is 0 Å². The fraction of sp³-hybridized carbons (Fsp3) is 0.643. The van der Waals surface area contributed by atoms with Crippen LogP contribution in [0.5, 0.6) is 0 Å². The summed E-state index contributed by atoms with van der Waals surface area (Å²) >= 11 is 0. The van der Waals surface area contributed by atoms with E-state index in [-0.39, 0.29) is 0 Å². The topological polar surface area (TPSA) is 53.7 Å². The predicted octanol–water partition coefficient (Wildman–Crippen LogP) is 2.32. The maximum atomic E-state index is 11.3. The number of aryl methyl sites for hydroxylation is 1. The minimum absolute atomic E-state index is 0.492. The van der Waals surface area contributed by atoms with Crippen LogP contribution in [0.3, 0.4) is 0 Å². The van der Waals surface area contributed by atoms with Crippen LogP contribution in [-0.4, -0.2) is 36.1 Å². The molecule has 0 spiro atoms. The summed E-state index contributed by atoms with van der Waals surface area (Å²) in [4.78, 5) is 13.4. The fourth-order valence-corrected chi connectivity index (χ4v) is 2.56. The van der Waals surface area contributed by atoms with Crippen LogP contribution in [0, 0.1) is 12.3 Å². The van der Waals surface area contributed by atoms with E-state index in [4.69, 9.17) is 4.42 Å². The highest BCUT2D eigenvalue weighted by molar-refractivity contribution is 5.76. The highest BCUT2D eigenvalue weighted by Gasteiger charge is 2.44. The van der Waals surface area contributed by atoms with E-state index in [1.165, 1.54) is 0 Å². The van der Waals surface area contributed by atoms with Crippen molar-refractivity contribution in [1.82, 2.24) is 4.90 Å². The quantitative estimate of drug-likeness (QED) is 0.843. The average Bonchev–Trinajstić information content (AvgIpc) is 2.66. The highest BCUT2D eigenvalue weighted by atomic mass is 16.4. The molecule has 1 aliphatic carbocycles. The van der Waals surface area contributed by atoms with Crippen molar-refractivity contribution < 1.29 is 14.3 Å². The van der Waals surface area contributed by atoms with E-state index in [0.717, 1.165) is 43.7 Å². The summed E-state index contributed by atoms with van der Waals surface area (Å²) in [7, 11) is 1.98. The van der Waals surface area contributed by atoms with Crippen molar-refractivity contribution >= 4 is 5.97 Å². The lowest BCUT2D eigenvalue weighted by atomic mass is 9.68. The zero-order valence-electron chi connectivity index (χ0n) is 11.1. The van der Waals surface area contributed by atoms with Crippen molar-refractivity contribution in [1.29, 1.82) is 0 Å². The molecule has 18 heavy (non-hydrogen) atoms. The summed E-state index contributed by atoms with van der Waals surface area (Å²) in [5.41, 5.74) is -0.492. The molecule has 1 heterocycles. The number of furan rings is 1. The molecular weight excluding hydrogens is 230 g/mol. The van der Waals surface area contributed by atoms with Gasteiger partial charge in [0.1, 0.15) is 11.5 Å². The first-order valence-corrected chi connectivity index (χ1v) is 6.49. The molecule has 4 nitrogen and oxygen atoms in total. The van der Waals surface area contributed by atoms with Crippen molar-refractivity contribution in [3.63, 3.8) is 0 Å². The van der Waals surface area contributed by atoms with E-state index < -0.39 is 11.4 Å². The van der Waals surface area contributed by atoms with Crippen LogP contribution in [0.1, 0.15) is 30.8 Å². The van der Waals surface area contributed by atoms with Crippen molar-refractivity contribution in [2.24, 2.45) is 5.41 Å². The Morgan fingerprint density at radius 2 is 2.22 bits per heavy atom. The molecule has 0 saturated heterocycles. The van der Waals surface area contributed by atoms with Gasteiger partial charge in [-0.2, -0.15) is 0 Å². The Hall–Kier alpha value is -1.29. The number of nitrogens with zero attached hydrogens (tertiary/aromatic N) is 1. The lowest BCUT2D eigenvalue weighted by Crippen LogP contribution is -2.47. The Morgan fingerprint density at radius 1 is 1.50 bits per heavy atom. The molecule has 0 aromatic carbocycles. The molecular formula is C14H21NO3. The van der Waals surface area contributed by atoms with Gasteiger partial charge in [-0.15, -0.1) is 0 Å². The van der Waals surface area contributed by atoms with Gasteiger partial charge in [-0.3, -0.25) is 4.79 Å². The summed E-state index contributed by atoms with van der Waals surface area (Å²) in [6.07, 6.45) is 3.50. The van der Waals surface area contributed by atoms with Gasteiger partial charge in [0.15, 0.2) is 0 Å². The van der Waals surface area contributed by atoms with Gasteiger partial charge < -0.3 is 14.4 Å². The molecule has 100 valence electrons. The summed E-state index contributed by atoms with van der Waals surface area (Å²) in [6, 6.07) is 3.94. The van der Waals surface area contributed by atoms with E-state index in [1.54, 1.807) is 0 Å². The van der Waals surface area contributed by atoms with Gasteiger partial charge in [0, 0.05) is 19.5 Å². The number of carboxylic acids is 1. The Labute approximate surface area is 108 Å². The van der Waals surface area contributed by atoms with Crippen LogP contribution >= 0.6 is 0 Å². The molecule has 1 aromatic rings.